The molecule has 2 heterocycles. The van der Waals surface area contributed by atoms with Gasteiger partial charge in [0.2, 0.25) is 23.6 Å². The first-order chi connectivity index (χ1) is 56.0. The van der Waals surface area contributed by atoms with Gasteiger partial charge < -0.3 is 66.3 Å². The molecule has 0 bridgehead atoms. The summed E-state index contributed by atoms with van der Waals surface area (Å²) < 4.78 is 75.9. The molecule has 7 aromatic rings. The van der Waals surface area contributed by atoms with E-state index in [2.05, 4.69) is 31.7 Å². The largest absolute Gasteiger partial charge is 0.481 e. The lowest BCUT2D eigenvalue weighted by Crippen LogP contribution is -2.62. The molecule has 0 radical (unpaired) electrons. The molecule has 628 valence electrons. The third kappa shape index (κ3) is 22.2. The molecule has 6 atom stereocenters. The number of rotatable bonds is 37. The lowest BCUT2D eigenvalue weighted by atomic mass is 9.58. The summed E-state index contributed by atoms with van der Waals surface area (Å²) in [4.78, 5) is 96.5. The van der Waals surface area contributed by atoms with Crippen molar-refractivity contribution in [3.05, 3.63) is 235 Å². The highest BCUT2D eigenvalue weighted by molar-refractivity contribution is 6.02. The number of pyridine rings is 1. The molecule has 26 heteroatoms. The Morgan fingerprint density at radius 2 is 0.915 bits per heavy atom. The van der Waals surface area contributed by atoms with Gasteiger partial charge in [0.25, 0.3) is 5.91 Å². The molecular formula is C91H114F4N10O12. The van der Waals surface area contributed by atoms with E-state index in [0.29, 0.717) is 149 Å². The van der Waals surface area contributed by atoms with Gasteiger partial charge in [0.05, 0.1) is 55.7 Å². The number of aromatic carboxylic acids is 1. The molecular weight excluding hydrogens is 1500 g/mol. The fourth-order valence-corrected chi connectivity index (χ4v) is 16.0. The van der Waals surface area contributed by atoms with Crippen LogP contribution in [0.5, 0.6) is 17.8 Å². The Balaban J connectivity index is 0.000000265. The van der Waals surface area contributed by atoms with Crippen LogP contribution in [0, 0.1) is 42.0 Å². The first-order valence-electron chi connectivity index (χ1n) is 40.0. The van der Waals surface area contributed by atoms with Crippen LogP contribution in [-0.2, 0) is 43.1 Å². The second kappa shape index (κ2) is 43.9. The molecule has 0 saturated carbocycles. The maximum atomic E-state index is 15.0. The summed E-state index contributed by atoms with van der Waals surface area (Å²) in [6.45, 7) is 25.6. The highest BCUT2D eigenvalue weighted by Gasteiger charge is 2.58. The minimum Gasteiger partial charge on any atom is -0.481 e. The summed E-state index contributed by atoms with van der Waals surface area (Å²) in [6.07, 6.45) is 11.8. The molecule has 0 fully saturated rings. The molecule has 5 aromatic carbocycles. The van der Waals surface area contributed by atoms with Crippen LogP contribution in [0.25, 0.3) is 22.3 Å². The Morgan fingerprint density at radius 3 is 1.30 bits per heavy atom. The van der Waals surface area contributed by atoms with Crippen LogP contribution >= 0.6 is 0 Å². The van der Waals surface area contributed by atoms with Gasteiger partial charge >= 0.3 is 23.9 Å². The molecule has 2 aliphatic rings. The van der Waals surface area contributed by atoms with Gasteiger partial charge in [-0.3, -0.25) is 14.4 Å². The molecule has 117 heavy (non-hydrogen) atoms. The smallest absolute Gasteiger partial charge is 0.335 e. The lowest BCUT2D eigenvalue weighted by Gasteiger charge is -2.48. The van der Waals surface area contributed by atoms with Crippen LogP contribution in [0.15, 0.2) is 173 Å². The first kappa shape index (κ1) is 93.2. The third-order valence-corrected chi connectivity index (χ3v) is 21.0. The van der Waals surface area contributed by atoms with Crippen LogP contribution in [0.4, 0.5) is 17.6 Å². The number of methoxy groups -OCH3 is 3. The van der Waals surface area contributed by atoms with Crippen molar-refractivity contribution >= 4 is 35.6 Å². The molecule has 22 nitrogen and oxygen atoms in total. The van der Waals surface area contributed by atoms with Crippen molar-refractivity contribution in [3.63, 3.8) is 0 Å². The quantitative estimate of drug-likeness (QED) is 0.0178. The molecule has 0 saturated heterocycles. The molecule has 2 aliphatic carbocycles. The zero-order valence-corrected chi connectivity index (χ0v) is 69.7. The highest BCUT2D eigenvalue weighted by atomic mass is 19.1. The number of allylic oxidation sites excluding steroid dienone is 4. The standard InChI is InChI=1S/C38H47F2N5O5.C38H46F2N4O4.C15H21NO3/c1-7-13-45(14-8-2)36(48)38(27-17-28(39)19-29(40)18-27)32(23(4)15-30(33(38)41)35(46)47)25(9-3)21-42-20-24-11-10-12-26(16-24)31-22-43-37(50-6)44-34(31)49-5;1-6-14-44(15-7-2)37(47)38(29-18-30(39)20-31(40)19-29)34(24(4)16-32(35(38)41)36(45)46)26(8-3)22-42-21-25-10-9-11-27(17-25)28-12-13-33(48-5)43-23-28;1-4-6-16(7-5-2)14(17)12-8-11(3)9-13(10-12)15(18)19/h10-12,15-19,22,25,33,42H,7-9,13-14,20-21,41H2,1-6H3,(H,46,47);9-13,16-20,23,26,35,42H,6-8,14-15,21-22,41H2,1-5H3,(H,45,46);8-10H,4-7H2,1-3H3,(H,18,19)/t25-,33+,38?;26-,35+,38?;/m00./s1. The Kier molecular flexibility index (Phi) is 35.0. The second-order valence-corrected chi connectivity index (χ2v) is 29.4. The molecule has 0 spiro atoms. The summed E-state index contributed by atoms with van der Waals surface area (Å²) in [5.41, 5.74) is 18.6. The van der Waals surface area contributed by atoms with Crippen molar-refractivity contribution < 1.29 is 75.9 Å². The number of carbonyl (C=O) groups is 6. The minimum atomic E-state index is -1.88. The molecule has 3 amide bonds. The number of halogens is 4. The number of aryl methyl sites for hydroxylation is 1. The van der Waals surface area contributed by atoms with Gasteiger partial charge in [0, 0.05) is 107 Å². The number of benzene rings is 5. The average Bonchev–Trinajstić information content (AvgIpc) is 0.715. The number of carboxylic acids is 3. The van der Waals surface area contributed by atoms with Crippen LogP contribution in [0.1, 0.15) is 169 Å². The van der Waals surface area contributed by atoms with Gasteiger partial charge in [0.1, 0.15) is 34.1 Å². The predicted molar refractivity (Wildman–Crippen MR) is 446 cm³/mol. The van der Waals surface area contributed by atoms with Crippen molar-refractivity contribution in [1.29, 1.82) is 0 Å². The normalized spacial score (nSPS) is 16.9. The zero-order valence-electron chi connectivity index (χ0n) is 69.7. The van der Waals surface area contributed by atoms with Crippen LogP contribution in [0.2, 0.25) is 0 Å². The fraction of sp³-hybridized carbons (Fsp3) is 0.418. The van der Waals surface area contributed by atoms with Gasteiger partial charge in [-0.15, -0.1) is 0 Å². The van der Waals surface area contributed by atoms with E-state index in [-0.39, 0.29) is 51.6 Å². The fourth-order valence-electron chi connectivity index (χ4n) is 16.0. The van der Waals surface area contributed by atoms with E-state index in [9.17, 15) is 34.2 Å². The summed E-state index contributed by atoms with van der Waals surface area (Å²) in [6, 6.07) is 27.7. The third-order valence-electron chi connectivity index (χ3n) is 21.0. The number of nitrogens with zero attached hydrogens (tertiary/aromatic N) is 6. The van der Waals surface area contributed by atoms with Crippen molar-refractivity contribution in [2.24, 2.45) is 23.3 Å². The Hall–Kier alpha value is -10.9. The Morgan fingerprint density at radius 1 is 0.487 bits per heavy atom. The van der Waals surface area contributed by atoms with Crippen molar-refractivity contribution in [2.45, 2.75) is 164 Å². The van der Waals surface area contributed by atoms with E-state index in [1.165, 1.54) is 32.4 Å². The number of nitrogens with two attached hydrogens (primary N) is 2. The number of carbonyl (C=O) groups excluding carboxylic acids is 3. The van der Waals surface area contributed by atoms with Crippen molar-refractivity contribution in [3.8, 4) is 40.0 Å². The van der Waals surface area contributed by atoms with E-state index in [4.69, 9.17) is 30.8 Å². The van der Waals surface area contributed by atoms with Gasteiger partial charge in [0.15, 0.2) is 0 Å². The topological polar surface area (TPSA) is 315 Å². The number of amides is 3. The number of hydrogen-bond acceptors (Lipinski definition) is 16. The lowest BCUT2D eigenvalue weighted by molar-refractivity contribution is -0.139. The highest BCUT2D eigenvalue weighted by Crippen LogP contribution is 2.51. The van der Waals surface area contributed by atoms with E-state index >= 15 is 22.4 Å². The molecule has 9 N–H and O–H groups in total. The van der Waals surface area contributed by atoms with Crippen LogP contribution < -0.4 is 36.3 Å². The number of hydrogen-bond donors (Lipinski definition) is 7. The van der Waals surface area contributed by atoms with Gasteiger partial charge in [-0.25, -0.2) is 41.9 Å². The second-order valence-electron chi connectivity index (χ2n) is 29.4. The number of aliphatic carboxylic acids is 2. The van der Waals surface area contributed by atoms with E-state index in [1.807, 2.05) is 104 Å². The van der Waals surface area contributed by atoms with Crippen LogP contribution in [0.3, 0.4) is 0 Å². The van der Waals surface area contributed by atoms with Gasteiger partial charge in [-0.1, -0.05) is 91.8 Å². The van der Waals surface area contributed by atoms with E-state index in [0.717, 1.165) is 82.6 Å². The van der Waals surface area contributed by atoms with Gasteiger partial charge in [-0.05, 0) is 218 Å². The van der Waals surface area contributed by atoms with E-state index < -0.39 is 75.9 Å². The molecule has 2 aromatic heterocycles. The number of ether oxygens (including phenoxy) is 3. The average molecular weight is 1620 g/mol. The SMILES string of the molecule is CCCN(CCC)C(=O)C1(c2cc(F)cc(F)c2)C([C@@H](CC)CNCc2cccc(-c3ccc(OC)nc3)c2)=C(C)C=C(C(=O)O)[C@H]1N.CCCN(CCC)C(=O)C1(c2cc(F)cc(F)c2)C([C@@H](CC)CNCc2cccc(-c3cnc(OC)nc3OC)c2)=C(C)C=C(C(=O)O)[C@H]1N.CCCN(CCC)C(=O)c1cc(C)cc(C(=O)O)c1. The number of carboxylic acid groups (broad SMARTS) is 3. The maximum Gasteiger partial charge on any atom is 0.335 e. The Labute approximate surface area is 684 Å². The number of aromatic nitrogens is 3. The Bertz CT molecular complexity index is 4710. The predicted octanol–water partition coefficient (Wildman–Crippen LogP) is 15.2. The van der Waals surface area contributed by atoms with Gasteiger partial charge in [-0.2, -0.15) is 4.98 Å². The summed E-state index contributed by atoms with van der Waals surface area (Å²) in [7, 11) is 4.57. The molecule has 2 unspecified atom stereocenters. The van der Waals surface area contributed by atoms with Crippen molar-refractivity contribution in [1.82, 2.24) is 40.3 Å². The molecule has 0 aliphatic heterocycles. The monoisotopic (exact) mass is 1610 g/mol. The molecule has 9 rings (SSSR count). The first-order valence-corrected chi connectivity index (χ1v) is 40.0. The number of nitrogens with one attached hydrogen (secondary N) is 2. The summed E-state index contributed by atoms with van der Waals surface area (Å²) >= 11 is 0. The van der Waals surface area contributed by atoms with Crippen molar-refractivity contribution in [2.75, 3.05) is 73.7 Å². The zero-order chi connectivity index (χ0) is 86.0. The van der Waals surface area contributed by atoms with E-state index in [1.54, 1.807) is 73.2 Å². The van der Waals surface area contributed by atoms with Crippen LogP contribution in [-0.4, -0.2) is 166 Å². The maximum absolute atomic E-state index is 15.0. The summed E-state index contributed by atoms with van der Waals surface area (Å²) in [5.74, 6) is -7.92. The summed E-state index contributed by atoms with van der Waals surface area (Å²) in [5, 5.41) is 36.6. The minimum absolute atomic E-state index is 0.00675.